The quantitative estimate of drug-likeness (QED) is 0.183. The highest BCUT2D eigenvalue weighted by molar-refractivity contribution is 6.13. The molecule has 0 saturated heterocycles. The molecule has 10 aromatic rings. The van der Waals surface area contributed by atoms with E-state index >= 15 is 0 Å². The Labute approximate surface area is 294 Å². The molecular weight excluding hydrogens is 619 g/mol. The highest BCUT2D eigenvalue weighted by atomic mass is 16.3. The fraction of sp³-hybridized carbons (Fsp3) is 0.0204. The van der Waals surface area contributed by atoms with Crippen LogP contribution in [-0.2, 0) is 5.41 Å². The van der Waals surface area contributed by atoms with E-state index in [2.05, 4.69) is 180 Å². The Morgan fingerprint density at radius 3 is 1.65 bits per heavy atom. The summed E-state index contributed by atoms with van der Waals surface area (Å²) in [5.41, 5.74) is 17.8. The minimum Gasteiger partial charge on any atom is -0.455 e. The van der Waals surface area contributed by atoms with Gasteiger partial charge in [-0.1, -0.05) is 146 Å². The molecule has 0 amide bonds. The van der Waals surface area contributed by atoms with Crippen molar-refractivity contribution < 1.29 is 4.42 Å². The first kappa shape index (κ1) is 27.2. The van der Waals surface area contributed by atoms with Gasteiger partial charge >= 0.3 is 0 Å². The first-order valence-corrected chi connectivity index (χ1v) is 17.7. The van der Waals surface area contributed by atoms with Crippen LogP contribution in [0.2, 0.25) is 0 Å². The van der Waals surface area contributed by atoms with Gasteiger partial charge in [0.2, 0.25) is 0 Å². The van der Waals surface area contributed by atoms with Crippen LogP contribution in [0, 0.1) is 0 Å². The SMILES string of the molecule is c1ccc2c(c1)-c1c(-c3ccc(-n4c5ccccc5c5ccccc54)cc3)cccc1C21c2ccccc2-c2c1ccc1c2oc2ccccc21. The summed E-state index contributed by atoms with van der Waals surface area (Å²) in [6.45, 7) is 0. The molecule has 0 saturated carbocycles. The lowest BCUT2D eigenvalue weighted by atomic mass is 9.70. The fourth-order valence-electron chi connectivity index (χ4n) is 9.68. The van der Waals surface area contributed by atoms with Crippen LogP contribution < -0.4 is 0 Å². The number of nitrogens with zero attached hydrogens (tertiary/aromatic N) is 1. The Morgan fingerprint density at radius 1 is 0.373 bits per heavy atom. The standard InChI is InChI=1S/C49H29NO/c1-6-18-39-37(15-1)46-32(30-24-26-31(27-25-30)50-43-21-8-3-12-33(43)34-13-4-9-22-44(34)50)17-11-20-41(46)49(39)40-19-7-2-16-38(40)47-42(49)29-28-36-35-14-5-10-23-45(35)51-48(36)47/h1-29H. The predicted molar refractivity (Wildman–Crippen MR) is 210 cm³/mol. The van der Waals surface area contributed by atoms with E-state index in [4.69, 9.17) is 4.42 Å². The third-order valence-electron chi connectivity index (χ3n) is 11.6. The first-order chi connectivity index (χ1) is 25.3. The molecule has 12 rings (SSSR count). The van der Waals surface area contributed by atoms with Crippen LogP contribution >= 0.6 is 0 Å². The lowest BCUT2D eigenvalue weighted by Crippen LogP contribution is -2.25. The molecule has 236 valence electrons. The maximum atomic E-state index is 6.72. The summed E-state index contributed by atoms with van der Waals surface area (Å²) in [5.74, 6) is 0. The summed E-state index contributed by atoms with van der Waals surface area (Å²) in [7, 11) is 0. The summed E-state index contributed by atoms with van der Waals surface area (Å²) in [5, 5.41) is 4.88. The summed E-state index contributed by atoms with van der Waals surface area (Å²) < 4.78 is 9.11. The minimum atomic E-state index is -0.454. The van der Waals surface area contributed by atoms with Crippen molar-refractivity contribution in [2.75, 3.05) is 0 Å². The third kappa shape index (κ3) is 3.32. The number of hydrogen-bond donors (Lipinski definition) is 0. The molecule has 8 aromatic carbocycles. The fourth-order valence-corrected chi connectivity index (χ4v) is 9.68. The van der Waals surface area contributed by atoms with Gasteiger partial charge in [-0.2, -0.15) is 0 Å². The van der Waals surface area contributed by atoms with Gasteiger partial charge in [0, 0.05) is 32.8 Å². The molecule has 0 radical (unpaired) electrons. The van der Waals surface area contributed by atoms with E-state index in [9.17, 15) is 0 Å². The van der Waals surface area contributed by atoms with Crippen LogP contribution in [0.15, 0.2) is 180 Å². The third-order valence-corrected chi connectivity index (χ3v) is 11.6. The number of hydrogen-bond acceptors (Lipinski definition) is 1. The molecule has 2 aliphatic rings. The van der Waals surface area contributed by atoms with Gasteiger partial charge in [0.05, 0.1) is 16.4 Å². The molecule has 0 aliphatic heterocycles. The van der Waals surface area contributed by atoms with E-state index in [1.807, 2.05) is 0 Å². The predicted octanol–water partition coefficient (Wildman–Crippen LogP) is 12.7. The lowest BCUT2D eigenvalue weighted by Gasteiger charge is -2.30. The van der Waals surface area contributed by atoms with E-state index in [0.29, 0.717) is 0 Å². The van der Waals surface area contributed by atoms with Crippen molar-refractivity contribution in [3.63, 3.8) is 0 Å². The van der Waals surface area contributed by atoms with Gasteiger partial charge in [-0.15, -0.1) is 0 Å². The van der Waals surface area contributed by atoms with Crippen molar-refractivity contribution in [2.24, 2.45) is 0 Å². The van der Waals surface area contributed by atoms with Crippen molar-refractivity contribution in [3.8, 4) is 39.1 Å². The zero-order valence-corrected chi connectivity index (χ0v) is 27.6. The second-order valence-corrected chi connectivity index (χ2v) is 13.9. The zero-order chi connectivity index (χ0) is 33.3. The van der Waals surface area contributed by atoms with E-state index < -0.39 is 5.41 Å². The van der Waals surface area contributed by atoms with Gasteiger partial charge in [-0.05, 0) is 80.4 Å². The lowest BCUT2D eigenvalue weighted by molar-refractivity contribution is 0.669. The summed E-state index contributed by atoms with van der Waals surface area (Å²) in [6.07, 6.45) is 0. The van der Waals surface area contributed by atoms with Gasteiger partial charge in [0.25, 0.3) is 0 Å². The highest BCUT2D eigenvalue weighted by Crippen LogP contribution is 2.65. The Balaban J connectivity index is 1.10. The monoisotopic (exact) mass is 647 g/mol. The zero-order valence-electron chi connectivity index (χ0n) is 27.6. The average molecular weight is 648 g/mol. The van der Waals surface area contributed by atoms with Crippen LogP contribution in [0.1, 0.15) is 22.3 Å². The number of aromatic nitrogens is 1. The Hall–Kier alpha value is -6.64. The molecule has 2 aromatic heterocycles. The smallest absolute Gasteiger partial charge is 0.143 e. The number of para-hydroxylation sites is 3. The molecule has 1 unspecified atom stereocenters. The Morgan fingerprint density at radius 2 is 0.922 bits per heavy atom. The van der Waals surface area contributed by atoms with Gasteiger partial charge in [0.1, 0.15) is 11.2 Å². The topological polar surface area (TPSA) is 18.1 Å². The second-order valence-electron chi connectivity index (χ2n) is 13.9. The van der Waals surface area contributed by atoms with Crippen LogP contribution in [-0.4, -0.2) is 4.57 Å². The van der Waals surface area contributed by atoms with Crippen LogP contribution in [0.3, 0.4) is 0 Å². The summed E-state index contributed by atoms with van der Waals surface area (Å²) in [4.78, 5) is 0. The molecular formula is C49H29NO. The van der Waals surface area contributed by atoms with Gasteiger partial charge < -0.3 is 8.98 Å². The molecule has 2 heteroatoms. The van der Waals surface area contributed by atoms with E-state index in [0.717, 1.165) is 22.2 Å². The molecule has 0 N–H and O–H groups in total. The van der Waals surface area contributed by atoms with E-state index in [1.54, 1.807) is 0 Å². The van der Waals surface area contributed by atoms with Crippen LogP contribution in [0.4, 0.5) is 0 Å². The molecule has 1 atom stereocenters. The molecule has 1 spiro atoms. The number of furan rings is 1. The van der Waals surface area contributed by atoms with Gasteiger partial charge in [-0.25, -0.2) is 0 Å². The second kappa shape index (κ2) is 9.74. The van der Waals surface area contributed by atoms with E-state index in [-0.39, 0.29) is 0 Å². The Kier molecular flexibility index (Phi) is 5.20. The number of benzene rings is 8. The molecule has 51 heavy (non-hydrogen) atoms. The molecule has 0 fully saturated rings. The highest BCUT2D eigenvalue weighted by Gasteiger charge is 2.53. The summed E-state index contributed by atoms with van der Waals surface area (Å²) >= 11 is 0. The van der Waals surface area contributed by atoms with Crippen molar-refractivity contribution in [2.45, 2.75) is 5.41 Å². The van der Waals surface area contributed by atoms with Crippen molar-refractivity contribution in [1.82, 2.24) is 4.57 Å². The van der Waals surface area contributed by atoms with Crippen molar-refractivity contribution in [1.29, 1.82) is 0 Å². The van der Waals surface area contributed by atoms with Crippen molar-refractivity contribution >= 4 is 43.7 Å². The maximum absolute atomic E-state index is 6.72. The number of rotatable bonds is 2. The first-order valence-electron chi connectivity index (χ1n) is 17.7. The summed E-state index contributed by atoms with van der Waals surface area (Å²) in [6, 6.07) is 64.6. The largest absolute Gasteiger partial charge is 0.455 e. The normalized spacial score (nSPS) is 15.5. The molecule has 2 heterocycles. The average Bonchev–Trinajstić information content (AvgIpc) is 3.92. The Bertz CT molecular complexity index is 3030. The van der Waals surface area contributed by atoms with Gasteiger partial charge in [0.15, 0.2) is 0 Å². The van der Waals surface area contributed by atoms with Crippen molar-refractivity contribution in [3.05, 3.63) is 198 Å². The molecule has 2 nitrogen and oxygen atoms in total. The maximum Gasteiger partial charge on any atom is 0.143 e. The van der Waals surface area contributed by atoms with Gasteiger partial charge in [-0.3, -0.25) is 0 Å². The minimum absolute atomic E-state index is 0.454. The molecule has 0 bridgehead atoms. The van der Waals surface area contributed by atoms with Crippen LogP contribution in [0.25, 0.3) is 82.8 Å². The molecule has 2 aliphatic carbocycles. The number of fused-ring (bicyclic) bond motifs is 17. The van der Waals surface area contributed by atoms with Crippen LogP contribution in [0.5, 0.6) is 0 Å². The van der Waals surface area contributed by atoms with E-state index in [1.165, 1.54) is 82.8 Å².